The summed E-state index contributed by atoms with van der Waals surface area (Å²) in [6, 6.07) is 0. The molecule has 1 heterocycles. The lowest BCUT2D eigenvalue weighted by atomic mass is 9.89. The Labute approximate surface area is 57.4 Å². The van der Waals surface area contributed by atoms with Crippen LogP contribution in [0.5, 0.6) is 0 Å². The van der Waals surface area contributed by atoms with Gasteiger partial charge in [-0.05, 0) is 10.8 Å². The first kappa shape index (κ1) is 6.51. The van der Waals surface area contributed by atoms with Gasteiger partial charge in [0.05, 0.1) is 0 Å². The zero-order valence-electron chi connectivity index (χ0n) is 4.57. The van der Waals surface area contributed by atoms with Crippen molar-refractivity contribution in [3.63, 3.8) is 0 Å². The number of rotatable bonds is 2. The topological polar surface area (TPSA) is 37.3 Å². The number of hydrogen-bond donors (Lipinski definition) is 1. The molecule has 0 aliphatic heterocycles. The summed E-state index contributed by atoms with van der Waals surface area (Å²) in [5.74, 6) is 0. The molecule has 0 atom stereocenters. The minimum atomic E-state index is 0.544. The van der Waals surface area contributed by atoms with Crippen molar-refractivity contribution in [3.05, 3.63) is 16.3 Å². The van der Waals surface area contributed by atoms with Gasteiger partial charge in [-0.1, -0.05) is 0 Å². The molecule has 1 rings (SSSR count). The fourth-order valence-corrected chi connectivity index (χ4v) is 1.27. The number of thiophene rings is 1. The first-order valence-corrected chi connectivity index (χ1v) is 3.31. The van der Waals surface area contributed by atoms with Crippen molar-refractivity contribution in [3.8, 4) is 0 Å². The van der Waals surface area contributed by atoms with Crippen LogP contribution in [-0.2, 0) is 0 Å². The Hall–Kier alpha value is -0.605. The van der Waals surface area contributed by atoms with Gasteiger partial charge in [0.2, 0.25) is 0 Å². The van der Waals surface area contributed by atoms with Gasteiger partial charge in [-0.3, -0.25) is 4.79 Å². The first-order valence-electron chi connectivity index (χ1n) is 2.37. The fraction of sp³-hybridized carbons (Fsp3) is 0. The Morgan fingerprint density at radius 1 is 1.67 bits per heavy atom. The number of carbonyl (C=O) groups excluding carboxylic acids is 1. The second kappa shape index (κ2) is 2.80. The SMILES string of the molecule is O=Cc1cscc1[B]O. The van der Waals surface area contributed by atoms with E-state index in [1.807, 2.05) is 0 Å². The quantitative estimate of drug-likeness (QED) is 0.455. The second-order valence-corrected chi connectivity index (χ2v) is 2.27. The Bertz CT molecular complexity index is 208. The zero-order chi connectivity index (χ0) is 6.69. The molecule has 0 saturated carbocycles. The third-order valence-corrected chi connectivity index (χ3v) is 1.77. The van der Waals surface area contributed by atoms with Crippen molar-refractivity contribution in [2.24, 2.45) is 0 Å². The number of hydrogen-bond acceptors (Lipinski definition) is 3. The summed E-state index contributed by atoms with van der Waals surface area (Å²) in [6.07, 6.45) is 0.721. The zero-order valence-corrected chi connectivity index (χ0v) is 5.39. The maximum absolute atomic E-state index is 10.1. The van der Waals surface area contributed by atoms with Gasteiger partial charge < -0.3 is 5.02 Å². The van der Waals surface area contributed by atoms with E-state index in [1.54, 1.807) is 10.8 Å². The highest BCUT2D eigenvalue weighted by Crippen LogP contribution is 1.98. The largest absolute Gasteiger partial charge is 0.450 e. The van der Waals surface area contributed by atoms with Crippen molar-refractivity contribution < 1.29 is 9.82 Å². The lowest BCUT2D eigenvalue weighted by Crippen LogP contribution is -2.14. The summed E-state index contributed by atoms with van der Waals surface area (Å²) in [7, 11) is 0.931. The Kier molecular flexibility index (Phi) is 2.03. The molecule has 45 valence electrons. The maximum Gasteiger partial charge on any atom is 0.328 e. The van der Waals surface area contributed by atoms with Crippen LogP contribution >= 0.6 is 11.3 Å². The molecule has 0 aliphatic rings. The van der Waals surface area contributed by atoms with Crippen LogP contribution in [0.25, 0.3) is 0 Å². The average Bonchev–Trinajstić information content (AvgIpc) is 2.33. The molecule has 4 heteroatoms. The fourth-order valence-electron chi connectivity index (χ4n) is 0.517. The molecule has 0 spiro atoms. The molecule has 0 fully saturated rings. The summed E-state index contributed by atoms with van der Waals surface area (Å²) >= 11 is 1.39. The Morgan fingerprint density at radius 2 is 2.44 bits per heavy atom. The summed E-state index contributed by atoms with van der Waals surface area (Å²) in [5, 5.41) is 11.9. The van der Waals surface area contributed by atoms with Gasteiger partial charge >= 0.3 is 7.48 Å². The van der Waals surface area contributed by atoms with Crippen LogP contribution in [0.2, 0.25) is 0 Å². The predicted molar refractivity (Wildman–Crippen MR) is 37.3 cm³/mol. The Balaban J connectivity index is 2.98. The van der Waals surface area contributed by atoms with E-state index in [-0.39, 0.29) is 0 Å². The predicted octanol–water partition coefficient (Wildman–Crippen LogP) is -0.203. The van der Waals surface area contributed by atoms with Crippen LogP contribution in [-0.4, -0.2) is 18.8 Å². The minimum absolute atomic E-state index is 0.544. The van der Waals surface area contributed by atoms with E-state index in [0.29, 0.717) is 11.0 Å². The first-order chi connectivity index (χ1) is 4.38. The van der Waals surface area contributed by atoms with Gasteiger partial charge in [0.25, 0.3) is 0 Å². The monoisotopic (exact) mass is 139 g/mol. The number of carbonyl (C=O) groups is 1. The average molecular weight is 139 g/mol. The van der Waals surface area contributed by atoms with Crippen LogP contribution in [0.3, 0.4) is 0 Å². The molecule has 1 aromatic rings. The van der Waals surface area contributed by atoms with Crippen LogP contribution in [0, 0.1) is 0 Å². The summed E-state index contributed by atoms with van der Waals surface area (Å²) in [4.78, 5) is 10.1. The van der Waals surface area contributed by atoms with Crippen molar-refractivity contribution in [2.75, 3.05) is 0 Å². The van der Waals surface area contributed by atoms with Gasteiger partial charge in [-0.25, -0.2) is 0 Å². The third kappa shape index (κ3) is 1.20. The van der Waals surface area contributed by atoms with Crippen molar-refractivity contribution in [1.29, 1.82) is 0 Å². The highest BCUT2D eigenvalue weighted by Gasteiger charge is 2.00. The molecule has 1 aromatic heterocycles. The van der Waals surface area contributed by atoms with Crippen LogP contribution in [0.1, 0.15) is 10.4 Å². The van der Waals surface area contributed by atoms with E-state index < -0.39 is 0 Å². The van der Waals surface area contributed by atoms with E-state index in [0.717, 1.165) is 13.8 Å². The van der Waals surface area contributed by atoms with Crippen LogP contribution < -0.4 is 5.46 Å². The van der Waals surface area contributed by atoms with E-state index >= 15 is 0 Å². The van der Waals surface area contributed by atoms with Gasteiger partial charge in [0, 0.05) is 10.9 Å². The van der Waals surface area contributed by atoms with Crippen molar-refractivity contribution >= 4 is 30.6 Å². The molecule has 0 bridgehead atoms. The molecule has 0 unspecified atom stereocenters. The molecule has 9 heavy (non-hydrogen) atoms. The van der Waals surface area contributed by atoms with Gasteiger partial charge in [-0.2, -0.15) is 11.3 Å². The molecule has 2 nitrogen and oxygen atoms in total. The van der Waals surface area contributed by atoms with Gasteiger partial charge in [-0.15, -0.1) is 0 Å². The Morgan fingerprint density at radius 3 is 2.89 bits per heavy atom. The minimum Gasteiger partial charge on any atom is -0.450 e. The second-order valence-electron chi connectivity index (χ2n) is 1.53. The normalized spacial score (nSPS) is 9.00. The summed E-state index contributed by atoms with van der Waals surface area (Å²) in [5.41, 5.74) is 1.14. The molecule has 0 aromatic carbocycles. The van der Waals surface area contributed by atoms with Crippen LogP contribution in [0.15, 0.2) is 10.8 Å². The van der Waals surface area contributed by atoms with Gasteiger partial charge in [0.15, 0.2) is 0 Å². The lowest BCUT2D eigenvalue weighted by molar-refractivity contribution is 0.112. The number of aldehydes is 1. The molecular weight excluding hydrogens is 135 g/mol. The van der Waals surface area contributed by atoms with E-state index in [1.165, 1.54) is 11.3 Å². The maximum atomic E-state index is 10.1. The molecule has 1 radical (unpaired) electrons. The molecular formula is C5H4BO2S. The molecule has 0 amide bonds. The molecule has 1 N–H and O–H groups in total. The smallest absolute Gasteiger partial charge is 0.328 e. The molecule has 0 aliphatic carbocycles. The van der Waals surface area contributed by atoms with Gasteiger partial charge in [0.1, 0.15) is 6.29 Å². The van der Waals surface area contributed by atoms with E-state index in [9.17, 15) is 4.79 Å². The lowest BCUT2D eigenvalue weighted by Gasteiger charge is -1.84. The van der Waals surface area contributed by atoms with E-state index in [2.05, 4.69) is 0 Å². The van der Waals surface area contributed by atoms with Crippen molar-refractivity contribution in [1.82, 2.24) is 0 Å². The summed E-state index contributed by atoms with van der Waals surface area (Å²) < 4.78 is 0. The highest BCUT2D eigenvalue weighted by atomic mass is 32.1. The van der Waals surface area contributed by atoms with E-state index in [4.69, 9.17) is 5.02 Å². The highest BCUT2D eigenvalue weighted by molar-refractivity contribution is 7.09. The molecule has 0 saturated heterocycles. The van der Waals surface area contributed by atoms with Crippen LogP contribution in [0.4, 0.5) is 0 Å². The third-order valence-electron chi connectivity index (χ3n) is 0.989. The summed E-state index contributed by atoms with van der Waals surface area (Å²) in [6.45, 7) is 0. The van der Waals surface area contributed by atoms with Crippen molar-refractivity contribution in [2.45, 2.75) is 0 Å². The standard InChI is InChI=1S/C5H4BO2S/c7-1-4-2-9-3-5(4)6-8/h1-3,8H.